The first-order chi connectivity index (χ1) is 19.2. The minimum Gasteiger partial charge on any atom is -0.494 e. The molecule has 0 unspecified atom stereocenters. The van der Waals surface area contributed by atoms with Crippen LogP contribution in [0.4, 0.5) is 17.6 Å². The van der Waals surface area contributed by atoms with Crippen molar-refractivity contribution >= 4 is 20.9 Å². The molecule has 41 heavy (non-hydrogen) atoms. The summed E-state index contributed by atoms with van der Waals surface area (Å²) in [6, 6.07) is 8.18. The van der Waals surface area contributed by atoms with Crippen molar-refractivity contribution in [2.45, 2.75) is 44.9 Å². The van der Waals surface area contributed by atoms with Crippen LogP contribution < -0.4 is 4.74 Å². The SMILES string of the molecule is COc1ccc(-c2ccc3c(CCC(C)(C)N4CCS(=O)(=O)CC4)cn(-c4cnn(CC(F)(F)F)c4)c3n2)cc1F. The van der Waals surface area contributed by atoms with Crippen LogP contribution in [0.1, 0.15) is 25.8 Å². The third kappa shape index (κ3) is 6.40. The number of benzene rings is 1. The lowest BCUT2D eigenvalue weighted by atomic mass is 9.93. The predicted octanol–water partition coefficient (Wildman–Crippen LogP) is 5.04. The number of halogens is 4. The van der Waals surface area contributed by atoms with E-state index >= 15 is 0 Å². The lowest BCUT2D eigenvalue weighted by Crippen LogP contribution is -2.51. The molecule has 3 aromatic heterocycles. The van der Waals surface area contributed by atoms with Gasteiger partial charge in [-0.25, -0.2) is 17.8 Å². The number of rotatable bonds is 8. The van der Waals surface area contributed by atoms with Crippen molar-refractivity contribution in [3.8, 4) is 22.7 Å². The van der Waals surface area contributed by atoms with Crippen LogP contribution in [0.15, 0.2) is 48.9 Å². The number of aryl methyl sites for hydroxylation is 1. The second-order valence-electron chi connectivity index (χ2n) is 10.9. The van der Waals surface area contributed by atoms with Crippen molar-refractivity contribution < 1.29 is 30.7 Å². The number of fused-ring (bicyclic) bond motifs is 1. The van der Waals surface area contributed by atoms with E-state index in [0.29, 0.717) is 48.5 Å². The maximum Gasteiger partial charge on any atom is 0.408 e. The summed E-state index contributed by atoms with van der Waals surface area (Å²) >= 11 is 0. The molecular weight excluding hydrogens is 562 g/mol. The number of alkyl halides is 3. The first-order valence-electron chi connectivity index (χ1n) is 13.1. The Balaban J connectivity index is 1.50. The number of sulfone groups is 1. The topological polar surface area (TPSA) is 82.3 Å². The fraction of sp³-hybridized carbons (Fsp3) is 0.429. The van der Waals surface area contributed by atoms with Gasteiger partial charge in [0.25, 0.3) is 0 Å². The molecule has 0 N–H and O–H groups in total. The molecule has 8 nitrogen and oxygen atoms in total. The van der Waals surface area contributed by atoms with Crippen molar-refractivity contribution in [3.63, 3.8) is 0 Å². The molecule has 0 saturated carbocycles. The van der Waals surface area contributed by atoms with Gasteiger partial charge in [0, 0.05) is 42.0 Å². The Morgan fingerprint density at radius 1 is 1.05 bits per heavy atom. The van der Waals surface area contributed by atoms with Gasteiger partial charge in [0.2, 0.25) is 0 Å². The summed E-state index contributed by atoms with van der Waals surface area (Å²) in [5.41, 5.74) is 2.58. The Hall–Kier alpha value is -3.45. The van der Waals surface area contributed by atoms with E-state index in [9.17, 15) is 26.0 Å². The Morgan fingerprint density at radius 3 is 2.44 bits per heavy atom. The van der Waals surface area contributed by atoms with Crippen LogP contribution >= 0.6 is 0 Å². The fourth-order valence-corrected chi connectivity index (χ4v) is 6.42. The number of hydrogen-bond acceptors (Lipinski definition) is 6. The van der Waals surface area contributed by atoms with Crippen LogP contribution in [0.3, 0.4) is 0 Å². The number of pyridine rings is 1. The maximum absolute atomic E-state index is 14.4. The van der Waals surface area contributed by atoms with Crippen LogP contribution in [0, 0.1) is 5.82 Å². The minimum absolute atomic E-state index is 0.103. The Bertz CT molecular complexity index is 1660. The summed E-state index contributed by atoms with van der Waals surface area (Å²) < 4.78 is 84.8. The van der Waals surface area contributed by atoms with Crippen LogP contribution in [-0.4, -0.2) is 76.1 Å². The van der Waals surface area contributed by atoms with Gasteiger partial charge in [0.05, 0.1) is 36.2 Å². The quantitative estimate of drug-likeness (QED) is 0.266. The standard InChI is InChI=1S/C28H31F4N5O3S/c1-27(2,35-10-12-41(38,39)13-11-35)9-8-20-16-37(21-15-33-36(17-21)18-28(30,31)32)26-22(20)5-6-24(34-26)19-4-7-25(40-3)23(29)14-19/h4-7,14-17H,8-13,18H2,1-3H3. The van der Waals surface area contributed by atoms with Gasteiger partial charge >= 0.3 is 6.18 Å². The lowest BCUT2D eigenvalue weighted by Gasteiger charge is -2.41. The van der Waals surface area contributed by atoms with E-state index in [1.807, 2.05) is 12.3 Å². The molecule has 0 amide bonds. The van der Waals surface area contributed by atoms with Gasteiger partial charge in [0.1, 0.15) is 12.2 Å². The molecule has 1 saturated heterocycles. The van der Waals surface area contributed by atoms with Gasteiger partial charge in [-0.3, -0.25) is 14.1 Å². The molecule has 13 heteroatoms. The summed E-state index contributed by atoms with van der Waals surface area (Å²) in [6.45, 7) is 3.89. The van der Waals surface area contributed by atoms with Gasteiger partial charge < -0.3 is 4.74 Å². The molecule has 0 radical (unpaired) electrons. The summed E-state index contributed by atoms with van der Waals surface area (Å²) in [6.07, 6.45) is 1.43. The predicted molar refractivity (Wildman–Crippen MR) is 147 cm³/mol. The third-order valence-corrected chi connectivity index (χ3v) is 9.24. The van der Waals surface area contributed by atoms with Gasteiger partial charge in [-0.05, 0) is 62.6 Å². The highest BCUT2D eigenvalue weighted by molar-refractivity contribution is 7.91. The van der Waals surface area contributed by atoms with Crippen molar-refractivity contribution in [2.24, 2.45) is 0 Å². The first kappa shape index (κ1) is 29.1. The molecule has 5 rings (SSSR count). The highest BCUT2D eigenvalue weighted by Crippen LogP contribution is 2.32. The van der Waals surface area contributed by atoms with Gasteiger partial charge in [0.15, 0.2) is 21.4 Å². The average molecular weight is 594 g/mol. The van der Waals surface area contributed by atoms with Crippen molar-refractivity contribution in [3.05, 3.63) is 60.3 Å². The second-order valence-corrected chi connectivity index (χ2v) is 13.2. The number of nitrogens with zero attached hydrogens (tertiary/aromatic N) is 5. The molecule has 0 atom stereocenters. The third-order valence-electron chi connectivity index (χ3n) is 7.63. The highest BCUT2D eigenvalue weighted by Gasteiger charge is 2.32. The van der Waals surface area contributed by atoms with Crippen LogP contribution in [0.25, 0.3) is 28.0 Å². The zero-order valence-corrected chi connectivity index (χ0v) is 23.8. The number of methoxy groups -OCH3 is 1. The minimum atomic E-state index is -4.42. The molecule has 0 aliphatic carbocycles. The molecule has 1 aliphatic rings. The smallest absolute Gasteiger partial charge is 0.408 e. The highest BCUT2D eigenvalue weighted by atomic mass is 32.2. The van der Waals surface area contributed by atoms with Gasteiger partial charge in [-0.15, -0.1) is 0 Å². The molecular formula is C28H31F4N5O3S. The van der Waals surface area contributed by atoms with Gasteiger partial charge in [-0.2, -0.15) is 18.3 Å². The van der Waals surface area contributed by atoms with E-state index in [0.717, 1.165) is 15.6 Å². The van der Waals surface area contributed by atoms with E-state index in [1.54, 1.807) is 16.7 Å². The van der Waals surface area contributed by atoms with E-state index in [4.69, 9.17) is 9.72 Å². The fourth-order valence-electron chi connectivity index (χ4n) is 5.22. The van der Waals surface area contributed by atoms with Crippen LogP contribution in [0.2, 0.25) is 0 Å². The average Bonchev–Trinajstić information content (AvgIpc) is 3.50. The molecule has 220 valence electrons. The lowest BCUT2D eigenvalue weighted by molar-refractivity contribution is -0.142. The second kappa shape index (κ2) is 10.8. The normalized spacial score (nSPS) is 16.4. The van der Waals surface area contributed by atoms with Crippen molar-refractivity contribution in [1.82, 2.24) is 24.2 Å². The number of hydrogen-bond donors (Lipinski definition) is 0. The van der Waals surface area contributed by atoms with Gasteiger partial charge in [-0.1, -0.05) is 0 Å². The van der Waals surface area contributed by atoms with Crippen LogP contribution in [0.5, 0.6) is 5.75 Å². The van der Waals surface area contributed by atoms with Crippen molar-refractivity contribution in [2.75, 3.05) is 31.7 Å². The summed E-state index contributed by atoms with van der Waals surface area (Å²) in [7, 11) is -1.63. The summed E-state index contributed by atoms with van der Waals surface area (Å²) in [5, 5.41) is 4.70. The molecule has 1 aromatic carbocycles. The molecule has 0 bridgehead atoms. The zero-order valence-electron chi connectivity index (χ0n) is 22.9. The van der Waals surface area contributed by atoms with E-state index in [2.05, 4.69) is 23.8 Å². The number of ether oxygens (including phenoxy) is 1. The van der Waals surface area contributed by atoms with E-state index in [-0.39, 0.29) is 22.8 Å². The maximum atomic E-state index is 14.4. The largest absolute Gasteiger partial charge is 0.494 e. The Labute approximate surface area is 235 Å². The molecule has 0 spiro atoms. The summed E-state index contributed by atoms with van der Waals surface area (Å²) in [5.74, 6) is -0.164. The van der Waals surface area contributed by atoms with E-state index in [1.165, 1.54) is 31.6 Å². The molecule has 1 aliphatic heterocycles. The molecule has 4 aromatic rings. The first-order valence-corrected chi connectivity index (χ1v) is 15.0. The monoisotopic (exact) mass is 593 g/mol. The van der Waals surface area contributed by atoms with E-state index < -0.39 is 28.4 Å². The van der Waals surface area contributed by atoms with Crippen LogP contribution in [-0.2, 0) is 22.8 Å². The Kier molecular flexibility index (Phi) is 7.62. The Morgan fingerprint density at radius 2 is 1.78 bits per heavy atom. The molecule has 1 fully saturated rings. The molecule has 4 heterocycles. The number of aromatic nitrogens is 4. The van der Waals surface area contributed by atoms with Crippen molar-refractivity contribution in [1.29, 1.82) is 0 Å². The summed E-state index contributed by atoms with van der Waals surface area (Å²) in [4.78, 5) is 6.98. The zero-order chi connectivity index (χ0) is 29.6.